The summed E-state index contributed by atoms with van der Waals surface area (Å²) in [5.41, 5.74) is 3.49. The topological polar surface area (TPSA) is 78.4 Å². The van der Waals surface area contributed by atoms with Crippen molar-refractivity contribution < 1.29 is 14.7 Å². The molecule has 1 aliphatic rings. The predicted molar refractivity (Wildman–Crippen MR) is 118 cm³/mol. The Morgan fingerprint density at radius 1 is 1.13 bits per heavy atom. The van der Waals surface area contributed by atoms with E-state index in [1.54, 1.807) is 0 Å². The molecule has 1 aliphatic carbocycles. The van der Waals surface area contributed by atoms with Gasteiger partial charge >= 0.3 is 0 Å². The van der Waals surface area contributed by atoms with Gasteiger partial charge in [-0.05, 0) is 41.9 Å². The van der Waals surface area contributed by atoms with Gasteiger partial charge in [-0.3, -0.25) is 9.59 Å². The number of carbonyl (C=O) groups is 2. The van der Waals surface area contributed by atoms with Crippen LogP contribution in [0, 0.1) is 11.8 Å². The lowest BCUT2D eigenvalue weighted by Crippen LogP contribution is -2.40. The summed E-state index contributed by atoms with van der Waals surface area (Å²) < 4.78 is 0. The van der Waals surface area contributed by atoms with Crippen molar-refractivity contribution in [1.82, 2.24) is 10.6 Å². The molecule has 0 saturated heterocycles. The number of aliphatic hydroxyl groups excluding tert-OH is 1. The first-order chi connectivity index (χ1) is 14.5. The number of rotatable bonds is 9. The zero-order valence-electron chi connectivity index (χ0n) is 17.2. The predicted octanol–water partition coefficient (Wildman–Crippen LogP) is 3.00. The smallest absolute Gasteiger partial charge is 0.235 e. The molecule has 30 heavy (non-hydrogen) atoms. The molecule has 0 aromatic heterocycles. The quantitative estimate of drug-likeness (QED) is 0.537. The third kappa shape index (κ3) is 5.83. The maximum Gasteiger partial charge on any atom is 0.235 e. The van der Waals surface area contributed by atoms with Gasteiger partial charge in [0, 0.05) is 12.5 Å². The molecule has 2 amide bonds. The summed E-state index contributed by atoms with van der Waals surface area (Å²) in [6.45, 7) is 2.22. The van der Waals surface area contributed by atoms with Crippen molar-refractivity contribution in [3.8, 4) is 0 Å². The molecule has 0 saturated carbocycles. The minimum atomic E-state index is -0.829. The van der Waals surface area contributed by atoms with Gasteiger partial charge in [-0.2, -0.15) is 0 Å². The number of alkyl halides is 1. The minimum absolute atomic E-state index is 0.0277. The van der Waals surface area contributed by atoms with E-state index in [9.17, 15) is 14.7 Å². The van der Waals surface area contributed by atoms with Gasteiger partial charge in [0.05, 0.1) is 12.1 Å². The molecular weight excluding hydrogens is 400 g/mol. The van der Waals surface area contributed by atoms with Gasteiger partial charge in [-0.25, -0.2) is 0 Å². The lowest BCUT2D eigenvalue weighted by atomic mass is 9.91. The summed E-state index contributed by atoms with van der Waals surface area (Å²) in [7, 11) is 0. The number of aliphatic hydroxyl groups is 1. The average molecular weight is 429 g/mol. The van der Waals surface area contributed by atoms with Crippen molar-refractivity contribution in [2.75, 3.05) is 12.4 Å². The number of amides is 2. The Morgan fingerprint density at radius 2 is 1.83 bits per heavy atom. The lowest BCUT2D eigenvalue weighted by molar-refractivity contribution is -0.127. The molecule has 0 bridgehead atoms. The van der Waals surface area contributed by atoms with Gasteiger partial charge in [0.2, 0.25) is 11.8 Å². The monoisotopic (exact) mass is 428 g/mol. The van der Waals surface area contributed by atoms with E-state index in [4.69, 9.17) is 11.6 Å². The first kappa shape index (κ1) is 22.3. The number of carbonyl (C=O) groups excluding carboxylic acids is 2. The molecular formula is C24H29ClN2O3. The lowest BCUT2D eigenvalue weighted by Gasteiger charge is -2.25. The highest BCUT2D eigenvalue weighted by molar-refractivity contribution is 6.27. The number of fused-ring (bicyclic) bond motifs is 1. The van der Waals surface area contributed by atoms with Crippen LogP contribution >= 0.6 is 11.6 Å². The molecule has 0 spiro atoms. The van der Waals surface area contributed by atoms with E-state index in [2.05, 4.69) is 29.7 Å². The fourth-order valence-corrected chi connectivity index (χ4v) is 4.25. The number of hydrogen-bond donors (Lipinski definition) is 3. The molecule has 3 rings (SSSR count). The van der Waals surface area contributed by atoms with E-state index in [-0.39, 0.29) is 36.7 Å². The molecule has 6 heteroatoms. The zero-order chi connectivity index (χ0) is 21.5. The highest BCUT2D eigenvalue weighted by atomic mass is 35.5. The van der Waals surface area contributed by atoms with Crippen LogP contribution in [0.25, 0.3) is 0 Å². The number of nitrogens with one attached hydrogen (secondary N) is 2. The van der Waals surface area contributed by atoms with Gasteiger partial charge in [-0.1, -0.05) is 61.5 Å². The van der Waals surface area contributed by atoms with Crippen molar-refractivity contribution in [3.63, 3.8) is 0 Å². The maximum absolute atomic E-state index is 13.3. The molecule has 3 N–H and O–H groups in total. The Balaban J connectivity index is 1.70. The van der Waals surface area contributed by atoms with E-state index in [1.165, 1.54) is 11.1 Å². The minimum Gasteiger partial charge on any atom is -0.391 e. The molecule has 0 radical (unpaired) electrons. The van der Waals surface area contributed by atoms with Gasteiger partial charge in [-0.15, -0.1) is 11.6 Å². The van der Waals surface area contributed by atoms with Gasteiger partial charge < -0.3 is 15.7 Å². The Bertz CT molecular complexity index is 859. The summed E-state index contributed by atoms with van der Waals surface area (Å²) in [5, 5.41) is 16.2. The average Bonchev–Trinajstić information content (AvgIpc) is 3.07. The van der Waals surface area contributed by atoms with E-state index in [0.717, 1.165) is 12.0 Å². The second-order valence-corrected chi connectivity index (χ2v) is 8.35. The Hall–Kier alpha value is -2.37. The molecule has 0 heterocycles. The van der Waals surface area contributed by atoms with E-state index in [1.807, 2.05) is 42.5 Å². The Labute approximate surface area is 182 Å². The van der Waals surface area contributed by atoms with Crippen LogP contribution in [0.15, 0.2) is 54.6 Å². The van der Waals surface area contributed by atoms with Gasteiger partial charge in [0.25, 0.3) is 0 Å². The molecule has 5 nitrogen and oxygen atoms in total. The van der Waals surface area contributed by atoms with Crippen LogP contribution in [-0.4, -0.2) is 35.4 Å². The number of halogens is 1. The van der Waals surface area contributed by atoms with Crippen LogP contribution in [0.4, 0.5) is 0 Å². The summed E-state index contributed by atoms with van der Waals surface area (Å²) in [6, 6.07) is 18.0. The van der Waals surface area contributed by atoms with Crippen molar-refractivity contribution in [2.24, 2.45) is 11.8 Å². The molecule has 0 unspecified atom stereocenters. The highest BCUT2D eigenvalue weighted by Gasteiger charge is 2.32. The second-order valence-electron chi connectivity index (χ2n) is 8.08. The maximum atomic E-state index is 13.3. The standard InChI is InChI=1S/C24H29ClN2O3/c1-16-11-18-9-5-6-10-21(18)23(16)27-24(30)19(12-17-7-3-2-4-8-17)13-20(28)15-26-22(29)14-25/h2-10,16,19-20,23,28H,11-15H2,1H3,(H,26,29)(H,27,30)/t16-,19-,20+,23-/m1/s1. The normalized spacial score (nSPS) is 19.6. The van der Waals surface area contributed by atoms with Crippen LogP contribution < -0.4 is 10.6 Å². The fourth-order valence-electron chi connectivity index (χ4n) is 4.16. The van der Waals surface area contributed by atoms with Gasteiger partial charge in [0.15, 0.2) is 0 Å². The molecule has 0 fully saturated rings. The highest BCUT2D eigenvalue weighted by Crippen LogP contribution is 2.36. The third-order valence-corrected chi connectivity index (χ3v) is 5.95. The zero-order valence-corrected chi connectivity index (χ0v) is 17.9. The fraction of sp³-hybridized carbons (Fsp3) is 0.417. The van der Waals surface area contributed by atoms with Crippen LogP contribution in [0.2, 0.25) is 0 Å². The molecule has 2 aromatic carbocycles. The number of benzene rings is 2. The Kier molecular flexibility index (Phi) is 7.88. The third-order valence-electron chi connectivity index (χ3n) is 5.71. The number of hydrogen-bond acceptors (Lipinski definition) is 3. The summed E-state index contributed by atoms with van der Waals surface area (Å²) in [5.74, 6) is -0.655. The van der Waals surface area contributed by atoms with E-state index in [0.29, 0.717) is 12.3 Å². The van der Waals surface area contributed by atoms with E-state index >= 15 is 0 Å². The Morgan fingerprint density at radius 3 is 2.57 bits per heavy atom. The largest absolute Gasteiger partial charge is 0.391 e. The van der Waals surface area contributed by atoms with Crippen molar-refractivity contribution in [2.45, 2.75) is 38.3 Å². The first-order valence-electron chi connectivity index (χ1n) is 10.4. The van der Waals surface area contributed by atoms with Crippen molar-refractivity contribution in [3.05, 3.63) is 71.3 Å². The van der Waals surface area contributed by atoms with Crippen LogP contribution in [-0.2, 0) is 22.4 Å². The second kappa shape index (κ2) is 10.6. The van der Waals surface area contributed by atoms with Crippen LogP contribution in [0.5, 0.6) is 0 Å². The molecule has 2 aromatic rings. The SMILES string of the molecule is C[C@@H]1Cc2ccccc2[C@@H]1NC(=O)[C@H](Cc1ccccc1)C[C@H](O)CNC(=O)CCl. The first-order valence-corrected chi connectivity index (χ1v) is 10.9. The van der Waals surface area contributed by atoms with Crippen molar-refractivity contribution >= 4 is 23.4 Å². The summed E-state index contributed by atoms with van der Waals surface area (Å²) in [6.07, 6.45) is 0.893. The van der Waals surface area contributed by atoms with Crippen molar-refractivity contribution in [1.29, 1.82) is 0 Å². The molecule has 4 atom stereocenters. The molecule has 0 aliphatic heterocycles. The summed E-state index contributed by atoms with van der Waals surface area (Å²) >= 11 is 5.49. The summed E-state index contributed by atoms with van der Waals surface area (Å²) in [4.78, 5) is 24.6. The molecule has 160 valence electrons. The van der Waals surface area contributed by atoms with E-state index < -0.39 is 12.0 Å². The van der Waals surface area contributed by atoms with Gasteiger partial charge in [0.1, 0.15) is 5.88 Å². The van der Waals surface area contributed by atoms with Crippen LogP contribution in [0.1, 0.15) is 36.1 Å². The van der Waals surface area contributed by atoms with Crippen LogP contribution in [0.3, 0.4) is 0 Å².